The van der Waals surface area contributed by atoms with E-state index in [2.05, 4.69) is 73.0 Å². The van der Waals surface area contributed by atoms with E-state index in [9.17, 15) is 30.3 Å². The van der Waals surface area contributed by atoms with Crippen LogP contribution in [0.4, 0.5) is 30.9 Å². The topological polar surface area (TPSA) is 26.5 Å². The van der Waals surface area contributed by atoms with Crippen LogP contribution in [0.2, 0.25) is 0 Å². The van der Waals surface area contributed by atoms with Crippen LogP contribution in [0, 0.1) is 20.8 Å². The average Bonchev–Trinajstić information content (AvgIpc) is 3.14. The molecular formula is C21H25F6N2OP. The fourth-order valence-electron chi connectivity index (χ4n) is 4.48. The third kappa shape index (κ3) is 6.43. The molecule has 172 valence electrons. The van der Waals surface area contributed by atoms with Crippen molar-refractivity contribution in [3.8, 4) is 0 Å². The molecule has 2 aromatic rings. The molecule has 0 bridgehead atoms. The van der Waals surface area contributed by atoms with Crippen molar-refractivity contribution in [2.24, 2.45) is 0 Å². The summed E-state index contributed by atoms with van der Waals surface area (Å²) >= 11 is 0. The van der Waals surface area contributed by atoms with Gasteiger partial charge in [-0.1, -0.05) is 42.0 Å². The molecule has 1 heterocycles. The van der Waals surface area contributed by atoms with Gasteiger partial charge >= 0.3 is 33.0 Å². The van der Waals surface area contributed by atoms with Crippen molar-refractivity contribution in [1.82, 2.24) is 0 Å². The van der Waals surface area contributed by atoms with Crippen LogP contribution < -0.4 is 4.90 Å². The van der Waals surface area contributed by atoms with Gasteiger partial charge in [-0.2, -0.15) is 0 Å². The van der Waals surface area contributed by atoms with Crippen LogP contribution in [0.15, 0.2) is 36.4 Å². The Morgan fingerprint density at radius 2 is 1.52 bits per heavy atom. The number of fused-ring (bicyclic) bond motifs is 1. The zero-order valence-electron chi connectivity index (χ0n) is 17.4. The van der Waals surface area contributed by atoms with Crippen molar-refractivity contribution in [3.63, 3.8) is 0 Å². The predicted molar refractivity (Wildman–Crippen MR) is 112 cm³/mol. The van der Waals surface area contributed by atoms with E-state index < -0.39 is 7.81 Å². The Balaban J connectivity index is 0.000000339. The molecule has 1 aliphatic carbocycles. The molecule has 0 unspecified atom stereocenters. The summed E-state index contributed by atoms with van der Waals surface area (Å²) in [5.41, 5.74) is 7.81. The van der Waals surface area contributed by atoms with Gasteiger partial charge in [0.15, 0.2) is 0 Å². The first kappa shape index (κ1) is 23.5. The van der Waals surface area contributed by atoms with Crippen LogP contribution in [-0.4, -0.2) is 35.2 Å². The van der Waals surface area contributed by atoms with Gasteiger partial charge in [-0.3, -0.25) is 4.58 Å². The Morgan fingerprint density at radius 1 is 0.968 bits per heavy atom. The van der Waals surface area contributed by atoms with E-state index >= 15 is 0 Å². The molecule has 0 aromatic heterocycles. The summed E-state index contributed by atoms with van der Waals surface area (Å²) < 4.78 is 61.5. The summed E-state index contributed by atoms with van der Waals surface area (Å²) in [6, 6.07) is 13.0. The number of hydrogen-bond donors (Lipinski definition) is 1. The summed E-state index contributed by atoms with van der Waals surface area (Å²) in [6.07, 6.45) is 2.65. The number of nitrogens with zero attached hydrogens (tertiary/aromatic N) is 2. The van der Waals surface area contributed by atoms with E-state index in [0.29, 0.717) is 0 Å². The van der Waals surface area contributed by atoms with Crippen molar-refractivity contribution in [2.45, 2.75) is 39.3 Å². The Kier molecular flexibility index (Phi) is 5.47. The molecule has 2 aromatic carbocycles. The third-order valence-electron chi connectivity index (χ3n) is 5.33. The second-order valence-electron chi connectivity index (χ2n) is 8.17. The van der Waals surface area contributed by atoms with Crippen LogP contribution in [0.3, 0.4) is 0 Å². The van der Waals surface area contributed by atoms with E-state index in [4.69, 9.17) is 0 Å². The number of halogens is 6. The molecule has 0 saturated carbocycles. The van der Waals surface area contributed by atoms with Gasteiger partial charge in [0.25, 0.3) is 0 Å². The molecule has 2 aliphatic rings. The van der Waals surface area contributed by atoms with Crippen LogP contribution >= 0.6 is 7.81 Å². The number of aryl methyl sites for hydroxylation is 3. The minimum atomic E-state index is -10.7. The molecule has 10 heteroatoms. The molecule has 0 spiro atoms. The number of anilines is 1. The monoisotopic (exact) mass is 466 g/mol. The van der Waals surface area contributed by atoms with Gasteiger partial charge < -0.3 is 5.11 Å². The fraction of sp³-hybridized carbons (Fsp3) is 0.381. The molecule has 1 N–H and O–H groups in total. The average molecular weight is 466 g/mol. The molecule has 1 aliphatic heterocycles. The number of aliphatic hydroxyl groups excluding tert-OH is 1. The quantitative estimate of drug-likeness (QED) is 0.310. The van der Waals surface area contributed by atoms with Gasteiger partial charge in [0.05, 0.1) is 0 Å². The number of benzene rings is 2. The van der Waals surface area contributed by atoms with E-state index in [1.807, 2.05) is 0 Å². The zero-order chi connectivity index (χ0) is 23.3. The van der Waals surface area contributed by atoms with E-state index in [1.165, 1.54) is 33.5 Å². The Bertz CT molecular complexity index is 1000. The summed E-state index contributed by atoms with van der Waals surface area (Å²) in [7, 11) is -10.7. The molecule has 2 atom stereocenters. The van der Waals surface area contributed by atoms with Crippen molar-refractivity contribution >= 4 is 19.8 Å². The second kappa shape index (κ2) is 7.20. The SMILES string of the molecule is Cc1cc(C)c(N2C=[N+]([C@@H]3c4ccccc4C[C@@H]3O)CC2)c(C)c1.F[P-](F)(F)(F)(F)F. The van der Waals surface area contributed by atoms with Crippen LogP contribution in [0.25, 0.3) is 0 Å². The van der Waals surface area contributed by atoms with Crippen molar-refractivity contribution < 1.29 is 34.9 Å². The summed E-state index contributed by atoms with van der Waals surface area (Å²) in [4.78, 5) is 2.34. The van der Waals surface area contributed by atoms with Crippen LogP contribution in [-0.2, 0) is 6.42 Å². The standard InChI is InChI=1S/C21H25N2O.F6P/c1-14-10-15(2)20(16(3)11-14)22-8-9-23(13-22)21-18-7-5-4-6-17(18)12-19(21)24;1-7(2,3,4,5)6/h4-7,10-11,13,19,21,24H,8-9,12H2,1-3H3;/q+1;-1/t19-,21+;/m0./s1. The Labute approximate surface area is 176 Å². The van der Waals surface area contributed by atoms with Gasteiger partial charge in [0, 0.05) is 12.0 Å². The number of hydrogen-bond acceptors (Lipinski definition) is 2. The molecule has 31 heavy (non-hydrogen) atoms. The third-order valence-corrected chi connectivity index (χ3v) is 5.33. The normalized spacial score (nSPS) is 22.8. The van der Waals surface area contributed by atoms with Gasteiger partial charge in [-0.05, 0) is 37.5 Å². The van der Waals surface area contributed by atoms with Crippen LogP contribution in [0.1, 0.15) is 33.9 Å². The molecule has 0 amide bonds. The minimum absolute atomic E-state index is 0.0808. The Morgan fingerprint density at radius 3 is 2.10 bits per heavy atom. The van der Waals surface area contributed by atoms with E-state index in [-0.39, 0.29) is 12.1 Å². The molecule has 0 fully saturated rings. The maximum atomic E-state index is 10.6. The van der Waals surface area contributed by atoms with Gasteiger partial charge in [-0.25, -0.2) is 4.90 Å². The van der Waals surface area contributed by atoms with Crippen LogP contribution in [0.5, 0.6) is 0 Å². The first-order valence-corrected chi connectivity index (χ1v) is 11.8. The van der Waals surface area contributed by atoms with Gasteiger partial charge in [0.2, 0.25) is 6.34 Å². The Hall–Kier alpha value is -2.12. The number of aliphatic hydroxyl groups is 1. The molecule has 0 radical (unpaired) electrons. The second-order valence-corrected chi connectivity index (χ2v) is 10.1. The van der Waals surface area contributed by atoms with Gasteiger partial charge in [-0.15, -0.1) is 0 Å². The molecule has 0 saturated heterocycles. The molecule has 4 rings (SSSR count). The first-order valence-electron chi connectivity index (χ1n) is 9.77. The summed E-state index contributed by atoms with van der Waals surface area (Å²) in [5.74, 6) is 0. The van der Waals surface area contributed by atoms with Crippen molar-refractivity contribution in [2.75, 3.05) is 18.0 Å². The predicted octanol–water partition coefficient (Wildman–Crippen LogP) is 6.51. The van der Waals surface area contributed by atoms with E-state index in [1.54, 1.807) is 0 Å². The van der Waals surface area contributed by atoms with Crippen molar-refractivity contribution in [3.05, 3.63) is 64.2 Å². The molecule has 3 nitrogen and oxygen atoms in total. The fourth-order valence-corrected chi connectivity index (χ4v) is 4.48. The van der Waals surface area contributed by atoms with Gasteiger partial charge in [0.1, 0.15) is 30.9 Å². The maximum absolute atomic E-state index is 10.7. The first-order chi connectivity index (χ1) is 14.0. The molecular weight excluding hydrogens is 441 g/mol. The summed E-state index contributed by atoms with van der Waals surface area (Å²) in [5, 5.41) is 10.6. The number of rotatable bonds is 2. The van der Waals surface area contributed by atoms with Crippen molar-refractivity contribution in [1.29, 1.82) is 0 Å². The zero-order valence-corrected chi connectivity index (χ0v) is 18.3. The summed E-state index contributed by atoms with van der Waals surface area (Å²) in [6.45, 7) is 8.44. The van der Waals surface area contributed by atoms with E-state index in [0.717, 1.165) is 19.5 Å².